The molecule has 0 radical (unpaired) electrons. The largest absolute Gasteiger partial charge is 0.326 e. The van der Waals surface area contributed by atoms with Crippen molar-refractivity contribution >= 4 is 29.0 Å². The molecule has 146 valence electrons. The second-order valence-electron chi connectivity index (χ2n) is 7.08. The summed E-state index contributed by atoms with van der Waals surface area (Å²) < 4.78 is 0. The van der Waals surface area contributed by atoms with Crippen molar-refractivity contribution in [2.24, 2.45) is 5.92 Å². The average Bonchev–Trinajstić information content (AvgIpc) is 2.69. The van der Waals surface area contributed by atoms with Gasteiger partial charge in [-0.05, 0) is 50.6 Å². The number of anilines is 2. The molecular formula is C22H25N3O3. The molecule has 0 saturated carbocycles. The lowest BCUT2D eigenvalue weighted by atomic mass is 9.97. The first-order valence-electron chi connectivity index (χ1n) is 9.51. The topological polar surface area (TPSA) is 78.5 Å². The number of nitrogens with zero attached hydrogens (tertiary/aromatic N) is 1. The lowest BCUT2D eigenvalue weighted by Gasteiger charge is -2.31. The Kier molecular flexibility index (Phi) is 6.55. The second kappa shape index (κ2) is 9.28. The lowest BCUT2D eigenvalue weighted by Crippen LogP contribution is -2.44. The van der Waals surface area contributed by atoms with Crippen molar-refractivity contribution in [1.29, 1.82) is 0 Å². The van der Waals surface area contributed by atoms with Crippen molar-refractivity contribution in [3.8, 4) is 0 Å². The summed E-state index contributed by atoms with van der Waals surface area (Å²) in [6, 6.07) is 16.4. The quantitative estimate of drug-likeness (QED) is 0.756. The minimum absolute atomic E-state index is 0.0155. The molecule has 2 aromatic rings. The van der Waals surface area contributed by atoms with Crippen molar-refractivity contribution in [3.05, 3.63) is 60.2 Å². The predicted molar refractivity (Wildman–Crippen MR) is 109 cm³/mol. The maximum Gasteiger partial charge on any atom is 0.238 e. The van der Waals surface area contributed by atoms with Crippen LogP contribution in [0.2, 0.25) is 0 Å². The zero-order chi connectivity index (χ0) is 19.9. The summed E-state index contributed by atoms with van der Waals surface area (Å²) in [5.41, 5.74) is 1.80. The highest BCUT2D eigenvalue weighted by atomic mass is 16.2. The van der Waals surface area contributed by atoms with E-state index >= 15 is 0 Å². The van der Waals surface area contributed by atoms with Crippen LogP contribution in [0.4, 0.5) is 11.4 Å². The Labute approximate surface area is 164 Å². The Bertz CT molecular complexity index is 851. The normalized spacial score (nSPS) is 17.0. The van der Waals surface area contributed by atoms with Gasteiger partial charge in [0.05, 0.1) is 18.2 Å². The van der Waals surface area contributed by atoms with Crippen molar-refractivity contribution in [2.75, 3.05) is 30.3 Å². The number of ketones is 1. The zero-order valence-corrected chi connectivity index (χ0v) is 16.0. The summed E-state index contributed by atoms with van der Waals surface area (Å²) in [6.07, 6.45) is 1.67. The van der Waals surface area contributed by atoms with E-state index < -0.39 is 0 Å². The molecule has 2 amide bonds. The number of amides is 2. The van der Waals surface area contributed by atoms with E-state index in [1.165, 1.54) is 6.92 Å². The highest BCUT2D eigenvalue weighted by Gasteiger charge is 2.27. The fourth-order valence-corrected chi connectivity index (χ4v) is 3.47. The number of hydrogen-bond donors (Lipinski definition) is 2. The van der Waals surface area contributed by atoms with Crippen LogP contribution < -0.4 is 10.6 Å². The third kappa shape index (κ3) is 5.27. The van der Waals surface area contributed by atoms with Gasteiger partial charge in [0.15, 0.2) is 5.78 Å². The molecule has 1 heterocycles. The van der Waals surface area contributed by atoms with Crippen molar-refractivity contribution in [1.82, 2.24) is 4.90 Å². The van der Waals surface area contributed by atoms with E-state index in [9.17, 15) is 14.4 Å². The molecule has 1 aliphatic rings. The van der Waals surface area contributed by atoms with Gasteiger partial charge in [0, 0.05) is 17.8 Å². The molecule has 6 nitrogen and oxygen atoms in total. The molecule has 1 unspecified atom stereocenters. The summed E-state index contributed by atoms with van der Waals surface area (Å²) in [5.74, 6) is -0.436. The average molecular weight is 379 g/mol. The second-order valence-corrected chi connectivity index (χ2v) is 7.08. The van der Waals surface area contributed by atoms with Crippen LogP contribution >= 0.6 is 0 Å². The van der Waals surface area contributed by atoms with Gasteiger partial charge in [0.2, 0.25) is 11.8 Å². The maximum absolute atomic E-state index is 12.5. The first-order chi connectivity index (χ1) is 13.5. The number of likely N-dealkylation sites (tertiary alicyclic amines) is 1. The van der Waals surface area contributed by atoms with Crippen LogP contribution in [0.3, 0.4) is 0 Å². The number of hydrogen-bond acceptors (Lipinski definition) is 4. The standard InChI is InChI=1S/C22H25N3O3/c1-16(26)19-11-5-6-12-20(19)24-21(27)15-25-13-7-8-17(14-25)22(28)23-18-9-3-2-4-10-18/h2-6,9-12,17H,7-8,13-15H2,1H3,(H,23,28)(H,24,27). The molecule has 1 saturated heterocycles. The number of nitrogens with one attached hydrogen (secondary N) is 2. The number of Topliss-reactive ketones (excluding diaryl/α,β-unsaturated/α-hetero) is 1. The van der Waals surface area contributed by atoms with Gasteiger partial charge in [-0.3, -0.25) is 19.3 Å². The van der Waals surface area contributed by atoms with Gasteiger partial charge >= 0.3 is 0 Å². The third-order valence-electron chi connectivity index (χ3n) is 4.87. The Morgan fingerprint density at radius 2 is 1.71 bits per heavy atom. The zero-order valence-electron chi connectivity index (χ0n) is 16.0. The van der Waals surface area contributed by atoms with Crippen LogP contribution in [0.15, 0.2) is 54.6 Å². The van der Waals surface area contributed by atoms with Gasteiger partial charge in [0.1, 0.15) is 0 Å². The van der Waals surface area contributed by atoms with Gasteiger partial charge in [-0.1, -0.05) is 30.3 Å². The molecule has 1 atom stereocenters. The van der Waals surface area contributed by atoms with E-state index in [1.54, 1.807) is 24.3 Å². The Balaban J connectivity index is 1.55. The molecule has 0 spiro atoms. The first-order valence-corrected chi connectivity index (χ1v) is 9.51. The van der Waals surface area contributed by atoms with Crippen LogP contribution in [0.25, 0.3) is 0 Å². The number of carbonyl (C=O) groups is 3. The van der Waals surface area contributed by atoms with E-state index in [0.29, 0.717) is 17.8 Å². The highest BCUT2D eigenvalue weighted by molar-refractivity contribution is 6.04. The lowest BCUT2D eigenvalue weighted by molar-refractivity contribution is -0.123. The molecule has 1 aliphatic heterocycles. The summed E-state index contributed by atoms with van der Waals surface area (Å²) >= 11 is 0. The van der Waals surface area contributed by atoms with Crippen molar-refractivity contribution < 1.29 is 14.4 Å². The maximum atomic E-state index is 12.5. The summed E-state index contributed by atoms with van der Waals surface area (Å²) in [4.78, 5) is 38.7. The molecule has 1 fully saturated rings. The van der Waals surface area contributed by atoms with Gasteiger partial charge in [-0.2, -0.15) is 0 Å². The van der Waals surface area contributed by atoms with Gasteiger partial charge in [-0.25, -0.2) is 0 Å². The smallest absolute Gasteiger partial charge is 0.238 e. The highest BCUT2D eigenvalue weighted by Crippen LogP contribution is 2.20. The fraction of sp³-hybridized carbons (Fsp3) is 0.318. The minimum atomic E-state index is -0.183. The molecule has 0 aliphatic carbocycles. The summed E-state index contributed by atoms with van der Waals surface area (Å²) in [5, 5.41) is 5.76. The number of benzene rings is 2. The van der Waals surface area contributed by atoms with Crippen LogP contribution in [-0.4, -0.2) is 42.1 Å². The van der Waals surface area contributed by atoms with Crippen LogP contribution in [0, 0.1) is 5.92 Å². The van der Waals surface area contributed by atoms with E-state index in [4.69, 9.17) is 0 Å². The molecule has 0 aromatic heterocycles. The molecule has 2 N–H and O–H groups in total. The molecular weight excluding hydrogens is 354 g/mol. The first kappa shape index (κ1) is 19.8. The van der Waals surface area contributed by atoms with Crippen LogP contribution in [0.5, 0.6) is 0 Å². The number of piperidine rings is 1. The molecule has 2 aromatic carbocycles. The Morgan fingerprint density at radius 1 is 1.00 bits per heavy atom. The number of para-hydroxylation sites is 2. The number of carbonyl (C=O) groups excluding carboxylic acids is 3. The Morgan fingerprint density at radius 3 is 2.46 bits per heavy atom. The fourth-order valence-electron chi connectivity index (χ4n) is 3.47. The monoisotopic (exact) mass is 379 g/mol. The van der Waals surface area contributed by atoms with Crippen molar-refractivity contribution in [3.63, 3.8) is 0 Å². The van der Waals surface area contributed by atoms with E-state index in [-0.39, 0.29) is 30.1 Å². The molecule has 6 heteroatoms. The SMILES string of the molecule is CC(=O)c1ccccc1NC(=O)CN1CCCC(C(=O)Nc2ccccc2)C1. The van der Waals surface area contributed by atoms with E-state index in [1.807, 2.05) is 35.2 Å². The molecule has 28 heavy (non-hydrogen) atoms. The molecule has 0 bridgehead atoms. The number of rotatable bonds is 6. The van der Waals surface area contributed by atoms with Crippen LogP contribution in [-0.2, 0) is 9.59 Å². The summed E-state index contributed by atoms with van der Waals surface area (Å²) in [6.45, 7) is 2.99. The predicted octanol–water partition coefficient (Wildman–Crippen LogP) is 3.18. The van der Waals surface area contributed by atoms with Crippen LogP contribution in [0.1, 0.15) is 30.1 Å². The van der Waals surface area contributed by atoms with Gasteiger partial charge < -0.3 is 10.6 Å². The van der Waals surface area contributed by atoms with E-state index in [0.717, 1.165) is 25.1 Å². The van der Waals surface area contributed by atoms with Gasteiger partial charge in [0.25, 0.3) is 0 Å². The van der Waals surface area contributed by atoms with Crippen molar-refractivity contribution in [2.45, 2.75) is 19.8 Å². The van der Waals surface area contributed by atoms with E-state index in [2.05, 4.69) is 10.6 Å². The minimum Gasteiger partial charge on any atom is -0.326 e. The van der Waals surface area contributed by atoms with Gasteiger partial charge in [-0.15, -0.1) is 0 Å². The molecule has 3 rings (SSSR count). The third-order valence-corrected chi connectivity index (χ3v) is 4.87. The Hall–Kier alpha value is -2.99. The summed E-state index contributed by atoms with van der Waals surface area (Å²) in [7, 11) is 0.